The Kier molecular flexibility index (Phi) is 4.36. The van der Waals surface area contributed by atoms with Gasteiger partial charge in [0.15, 0.2) is 0 Å². The van der Waals surface area contributed by atoms with Crippen LogP contribution in [0.3, 0.4) is 0 Å². The van der Waals surface area contributed by atoms with Crippen LogP contribution in [0.4, 0.5) is 0 Å². The molecular formula is C19H19N3O2S. The average molecular weight is 353 g/mol. The van der Waals surface area contributed by atoms with Gasteiger partial charge in [-0.3, -0.25) is 9.59 Å². The Balaban J connectivity index is 1.42. The fraction of sp³-hybridized carbons (Fsp3) is 0.316. The summed E-state index contributed by atoms with van der Waals surface area (Å²) in [5, 5.41) is 8.43. The second-order valence-electron chi connectivity index (χ2n) is 6.29. The number of hydrogen-bond donors (Lipinski definition) is 1. The molecular weight excluding hydrogens is 334 g/mol. The molecule has 3 aromatic rings. The summed E-state index contributed by atoms with van der Waals surface area (Å²) in [5.74, 6) is -0.104. The van der Waals surface area contributed by atoms with Crippen LogP contribution in [0.2, 0.25) is 0 Å². The molecule has 2 aromatic heterocycles. The summed E-state index contributed by atoms with van der Waals surface area (Å²) in [6.45, 7) is 0.779. The number of thiophene rings is 1. The second-order valence-corrected chi connectivity index (χ2v) is 7.37. The first kappa shape index (κ1) is 16.0. The number of fused-ring (bicyclic) bond motifs is 2. The van der Waals surface area contributed by atoms with Crippen molar-refractivity contribution in [1.82, 2.24) is 15.1 Å². The molecule has 25 heavy (non-hydrogen) atoms. The van der Waals surface area contributed by atoms with E-state index in [1.54, 1.807) is 6.07 Å². The minimum absolute atomic E-state index is 0.0863. The van der Waals surface area contributed by atoms with Crippen molar-refractivity contribution in [2.45, 2.75) is 32.2 Å². The van der Waals surface area contributed by atoms with Crippen LogP contribution in [-0.4, -0.2) is 22.2 Å². The van der Waals surface area contributed by atoms with Crippen LogP contribution in [0.25, 0.3) is 10.1 Å². The normalized spacial score (nSPS) is 13.6. The van der Waals surface area contributed by atoms with Crippen molar-refractivity contribution in [3.8, 4) is 0 Å². The van der Waals surface area contributed by atoms with Gasteiger partial charge in [0.2, 0.25) is 0 Å². The molecule has 5 nitrogen and oxygen atoms in total. The van der Waals surface area contributed by atoms with Gasteiger partial charge in [0.1, 0.15) is 0 Å². The zero-order chi connectivity index (χ0) is 17.2. The summed E-state index contributed by atoms with van der Waals surface area (Å²) in [6.07, 6.45) is 4.13. The summed E-state index contributed by atoms with van der Waals surface area (Å²) in [6, 6.07) is 11.5. The van der Waals surface area contributed by atoms with Crippen molar-refractivity contribution >= 4 is 27.3 Å². The second kappa shape index (κ2) is 6.80. The number of nitrogens with zero attached hydrogens (tertiary/aromatic N) is 2. The lowest BCUT2D eigenvalue weighted by Gasteiger charge is -2.15. The molecule has 1 aromatic carbocycles. The molecule has 0 radical (unpaired) electrons. The largest absolute Gasteiger partial charge is 0.349 e. The van der Waals surface area contributed by atoms with Crippen molar-refractivity contribution in [1.29, 1.82) is 0 Å². The van der Waals surface area contributed by atoms with Gasteiger partial charge in [-0.05, 0) is 48.8 Å². The lowest BCUT2D eigenvalue weighted by molar-refractivity contribution is 0.0956. The molecule has 0 unspecified atom stereocenters. The number of benzene rings is 1. The van der Waals surface area contributed by atoms with Gasteiger partial charge < -0.3 is 5.32 Å². The highest BCUT2D eigenvalue weighted by atomic mass is 32.1. The van der Waals surface area contributed by atoms with Gasteiger partial charge in [-0.25, -0.2) is 4.68 Å². The summed E-state index contributed by atoms with van der Waals surface area (Å²) < 4.78 is 2.57. The molecule has 4 rings (SSSR count). The first-order valence-electron chi connectivity index (χ1n) is 8.57. The van der Waals surface area contributed by atoms with Gasteiger partial charge in [0.25, 0.3) is 11.5 Å². The number of rotatable bonds is 4. The maximum atomic E-state index is 12.3. The molecule has 0 spiro atoms. The van der Waals surface area contributed by atoms with Gasteiger partial charge in [-0.1, -0.05) is 18.2 Å². The number of aromatic nitrogens is 2. The lowest BCUT2D eigenvalue weighted by atomic mass is 9.97. The molecule has 1 amide bonds. The molecule has 0 saturated heterocycles. The first-order chi connectivity index (χ1) is 12.2. The van der Waals surface area contributed by atoms with Crippen molar-refractivity contribution in [2.75, 3.05) is 6.54 Å². The van der Waals surface area contributed by atoms with E-state index >= 15 is 0 Å². The van der Waals surface area contributed by atoms with Gasteiger partial charge in [-0.2, -0.15) is 5.10 Å². The molecule has 0 saturated carbocycles. The number of carbonyl (C=O) groups is 1. The number of aryl methyl sites for hydroxylation is 2. The van der Waals surface area contributed by atoms with Crippen molar-refractivity contribution in [3.63, 3.8) is 0 Å². The highest BCUT2D eigenvalue weighted by Crippen LogP contribution is 2.25. The SMILES string of the molecule is O=C(NCCn1nc2c(cc1=O)CCCC2)c1cc2ccccc2s1. The Morgan fingerprint density at radius 2 is 2.04 bits per heavy atom. The van der Waals surface area contributed by atoms with E-state index in [-0.39, 0.29) is 11.5 Å². The van der Waals surface area contributed by atoms with Crippen molar-refractivity contribution in [2.24, 2.45) is 0 Å². The van der Waals surface area contributed by atoms with Crippen molar-refractivity contribution < 1.29 is 4.79 Å². The maximum absolute atomic E-state index is 12.3. The van der Waals surface area contributed by atoms with E-state index < -0.39 is 0 Å². The first-order valence-corrected chi connectivity index (χ1v) is 9.39. The minimum Gasteiger partial charge on any atom is -0.349 e. The molecule has 128 valence electrons. The fourth-order valence-corrected chi connectivity index (χ4v) is 4.20. The number of amides is 1. The smallest absolute Gasteiger partial charge is 0.267 e. The zero-order valence-corrected chi connectivity index (χ0v) is 14.6. The molecule has 6 heteroatoms. The Morgan fingerprint density at radius 1 is 1.20 bits per heavy atom. The number of nitrogens with one attached hydrogen (secondary N) is 1. The molecule has 1 aliphatic carbocycles. The van der Waals surface area contributed by atoms with Gasteiger partial charge in [0, 0.05) is 17.3 Å². The minimum atomic E-state index is -0.104. The Hall–Kier alpha value is -2.47. The van der Waals surface area contributed by atoms with Crippen molar-refractivity contribution in [3.05, 3.63) is 62.9 Å². The van der Waals surface area contributed by atoms with Crippen LogP contribution in [0.5, 0.6) is 0 Å². The third kappa shape index (κ3) is 3.35. The van der Waals surface area contributed by atoms with E-state index in [1.165, 1.54) is 16.0 Å². The van der Waals surface area contributed by atoms with E-state index in [0.29, 0.717) is 18.0 Å². The van der Waals surface area contributed by atoms with Crippen LogP contribution in [0, 0.1) is 0 Å². The van der Waals surface area contributed by atoms with Gasteiger partial charge >= 0.3 is 0 Å². The van der Waals surface area contributed by atoms with E-state index in [2.05, 4.69) is 10.4 Å². The molecule has 0 aliphatic heterocycles. The Morgan fingerprint density at radius 3 is 2.92 bits per heavy atom. The molecule has 0 atom stereocenters. The Labute approximate surface area is 149 Å². The summed E-state index contributed by atoms with van der Waals surface area (Å²) in [5.41, 5.74) is 2.03. The predicted octanol–water partition coefficient (Wildman–Crippen LogP) is 2.77. The molecule has 0 bridgehead atoms. The van der Waals surface area contributed by atoms with Crippen LogP contribution < -0.4 is 10.9 Å². The lowest BCUT2D eigenvalue weighted by Crippen LogP contribution is -2.33. The van der Waals surface area contributed by atoms with Gasteiger partial charge in [0.05, 0.1) is 17.1 Å². The Bertz CT molecular complexity index is 957. The van der Waals surface area contributed by atoms with Crippen LogP contribution in [-0.2, 0) is 19.4 Å². The molecule has 1 aliphatic rings. The summed E-state index contributed by atoms with van der Waals surface area (Å²) in [4.78, 5) is 25.1. The fourth-order valence-electron chi connectivity index (χ4n) is 3.22. The third-order valence-electron chi connectivity index (χ3n) is 4.53. The molecule has 1 N–H and O–H groups in total. The highest BCUT2D eigenvalue weighted by Gasteiger charge is 2.14. The monoisotopic (exact) mass is 353 g/mol. The standard InChI is InChI=1S/C19H19N3O2S/c23-18-12-13-5-1-3-7-15(13)21-22(18)10-9-20-19(24)17-11-14-6-2-4-8-16(14)25-17/h2,4,6,8,11-12H,1,3,5,7,9-10H2,(H,20,24). The van der Waals surface area contributed by atoms with E-state index in [1.807, 2.05) is 30.3 Å². The molecule has 2 heterocycles. The van der Waals surface area contributed by atoms with Gasteiger partial charge in [-0.15, -0.1) is 11.3 Å². The summed E-state index contributed by atoms with van der Waals surface area (Å²) in [7, 11) is 0. The summed E-state index contributed by atoms with van der Waals surface area (Å²) >= 11 is 1.48. The van der Waals surface area contributed by atoms with E-state index in [4.69, 9.17) is 0 Å². The predicted molar refractivity (Wildman–Crippen MR) is 99.3 cm³/mol. The molecule has 0 fully saturated rings. The van der Waals surface area contributed by atoms with Crippen LogP contribution in [0.1, 0.15) is 33.8 Å². The quantitative estimate of drug-likeness (QED) is 0.784. The number of hydrogen-bond acceptors (Lipinski definition) is 4. The van der Waals surface area contributed by atoms with Crippen LogP contribution in [0.15, 0.2) is 41.2 Å². The third-order valence-corrected chi connectivity index (χ3v) is 5.65. The van der Waals surface area contributed by atoms with E-state index in [9.17, 15) is 9.59 Å². The van der Waals surface area contributed by atoms with E-state index in [0.717, 1.165) is 47.0 Å². The topological polar surface area (TPSA) is 64.0 Å². The van der Waals surface area contributed by atoms with Crippen LogP contribution >= 0.6 is 11.3 Å². The zero-order valence-electron chi connectivity index (χ0n) is 13.8. The number of carbonyl (C=O) groups excluding carboxylic acids is 1. The maximum Gasteiger partial charge on any atom is 0.267 e. The highest BCUT2D eigenvalue weighted by molar-refractivity contribution is 7.20. The average Bonchev–Trinajstić information content (AvgIpc) is 3.06.